The number of aromatic nitrogens is 2. The maximum Gasteiger partial charge on any atom is 0.0964 e. The first-order valence-corrected chi connectivity index (χ1v) is 9.48. The number of aryl methyl sites for hydroxylation is 2. The van der Waals surface area contributed by atoms with E-state index >= 15 is 0 Å². The van der Waals surface area contributed by atoms with Gasteiger partial charge in [-0.25, -0.2) is 0 Å². The maximum absolute atomic E-state index is 4.73. The molecule has 126 valence electrons. The average Bonchev–Trinajstić information content (AvgIpc) is 2.62. The molecular formula is C22H28N2. The molecule has 0 bridgehead atoms. The minimum Gasteiger partial charge on any atom is -0.254 e. The molecule has 0 aliphatic rings. The predicted octanol–water partition coefficient (Wildman–Crippen LogP) is 6.25. The van der Waals surface area contributed by atoms with Gasteiger partial charge in [0.1, 0.15) is 0 Å². The molecule has 1 aromatic carbocycles. The lowest BCUT2D eigenvalue weighted by molar-refractivity contribution is 0.716. The summed E-state index contributed by atoms with van der Waals surface area (Å²) < 4.78 is 0. The molecule has 0 aliphatic carbocycles. The van der Waals surface area contributed by atoms with Crippen LogP contribution in [-0.2, 0) is 12.8 Å². The van der Waals surface area contributed by atoms with Gasteiger partial charge in [0.05, 0.1) is 11.0 Å². The maximum atomic E-state index is 4.73. The molecule has 0 spiro atoms. The number of rotatable bonds is 8. The molecule has 2 heterocycles. The third kappa shape index (κ3) is 3.92. The van der Waals surface area contributed by atoms with Gasteiger partial charge in [0.15, 0.2) is 0 Å². The van der Waals surface area contributed by atoms with Crippen molar-refractivity contribution in [2.24, 2.45) is 0 Å². The predicted molar refractivity (Wildman–Crippen MR) is 104 cm³/mol. The van der Waals surface area contributed by atoms with Gasteiger partial charge < -0.3 is 0 Å². The van der Waals surface area contributed by atoms with Gasteiger partial charge >= 0.3 is 0 Å². The summed E-state index contributed by atoms with van der Waals surface area (Å²) in [7, 11) is 0. The van der Waals surface area contributed by atoms with Gasteiger partial charge in [-0.3, -0.25) is 9.97 Å². The molecule has 0 saturated heterocycles. The van der Waals surface area contributed by atoms with E-state index in [4.69, 9.17) is 9.97 Å². The largest absolute Gasteiger partial charge is 0.254 e. The lowest BCUT2D eigenvalue weighted by atomic mass is 10.0. The Labute approximate surface area is 145 Å². The molecular weight excluding hydrogens is 292 g/mol. The van der Waals surface area contributed by atoms with E-state index in [2.05, 4.69) is 38.1 Å². The normalized spacial score (nSPS) is 11.4. The van der Waals surface area contributed by atoms with Crippen molar-refractivity contribution in [3.05, 3.63) is 47.8 Å². The van der Waals surface area contributed by atoms with E-state index in [1.165, 1.54) is 60.4 Å². The Morgan fingerprint density at radius 3 is 1.54 bits per heavy atom. The highest BCUT2D eigenvalue weighted by Crippen LogP contribution is 2.24. The van der Waals surface area contributed by atoms with Crippen LogP contribution >= 0.6 is 0 Å². The van der Waals surface area contributed by atoms with Crippen LogP contribution in [0.2, 0.25) is 0 Å². The monoisotopic (exact) mass is 320 g/mol. The molecule has 0 unspecified atom stereocenters. The summed E-state index contributed by atoms with van der Waals surface area (Å²) in [5.74, 6) is 0. The van der Waals surface area contributed by atoms with Crippen molar-refractivity contribution in [3.8, 4) is 0 Å². The van der Waals surface area contributed by atoms with Gasteiger partial charge in [-0.05, 0) is 48.9 Å². The van der Waals surface area contributed by atoms with E-state index in [0.29, 0.717) is 0 Å². The van der Waals surface area contributed by atoms with Crippen LogP contribution in [0.15, 0.2) is 36.7 Å². The van der Waals surface area contributed by atoms with Gasteiger partial charge in [0, 0.05) is 23.2 Å². The summed E-state index contributed by atoms with van der Waals surface area (Å²) in [6, 6.07) is 8.97. The van der Waals surface area contributed by atoms with E-state index in [1.807, 2.05) is 12.4 Å². The van der Waals surface area contributed by atoms with Gasteiger partial charge in [-0.2, -0.15) is 0 Å². The van der Waals surface area contributed by atoms with Crippen LogP contribution < -0.4 is 0 Å². The van der Waals surface area contributed by atoms with Crippen LogP contribution in [0.25, 0.3) is 21.8 Å². The Balaban J connectivity index is 1.86. The molecule has 0 N–H and O–H groups in total. The molecule has 0 radical (unpaired) electrons. The molecule has 24 heavy (non-hydrogen) atoms. The van der Waals surface area contributed by atoms with Gasteiger partial charge in [0.2, 0.25) is 0 Å². The highest BCUT2D eigenvalue weighted by molar-refractivity contribution is 6.02. The minimum atomic E-state index is 1.03. The molecule has 0 aliphatic heterocycles. The first kappa shape index (κ1) is 16.9. The number of benzene rings is 1. The number of hydrogen-bond acceptors (Lipinski definition) is 2. The molecule has 0 amide bonds. The van der Waals surface area contributed by atoms with Crippen molar-refractivity contribution in [2.75, 3.05) is 0 Å². The molecule has 2 aromatic heterocycles. The molecule has 0 atom stereocenters. The van der Waals surface area contributed by atoms with Crippen molar-refractivity contribution >= 4 is 21.8 Å². The Bertz CT molecular complexity index is 739. The lowest BCUT2D eigenvalue weighted by Gasteiger charge is -2.07. The molecule has 0 saturated carbocycles. The minimum absolute atomic E-state index is 1.03. The zero-order valence-corrected chi connectivity index (χ0v) is 15.0. The standard InChI is InChI=1S/C22H28N2/c1-3-5-7-9-17-13-19-11-12-20-14-18(10-8-6-4-2)16-24-22(20)21(19)23-15-17/h11-16H,3-10H2,1-2H3. The van der Waals surface area contributed by atoms with Crippen LogP contribution in [0.3, 0.4) is 0 Å². The zero-order valence-electron chi connectivity index (χ0n) is 15.0. The lowest BCUT2D eigenvalue weighted by Crippen LogP contribution is -1.92. The van der Waals surface area contributed by atoms with E-state index in [0.717, 1.165) is 23.9 Å². The van der Waals surface area contributed by atoms with Gasteiger partial charge in [-0.15, -0.1) is 0 Å². The fraction of sp³-hybridized carbons (Fsp3) is 0.455. The van der Waals surface area contributed by atoms with Crippen molar-refractivity contribution in [3.63, 3.8) is 0 Å². The van der Waals surface area contributed by atoms with Crippen LogP contribution in [0.1, 0.15) is 63.5 Å². The summed E-state index contributed by atoms with van der Waals surface area (Å²) in [4.78, 5) is 9.46. The second kappa shape index (κ2) is 8.23. The van der Waals surface area contributed by atoms with Gasteiger partial charge in [0.25, 0.3) is 0 Å². The number of nitrogens with zero attached hydrogens (tertiary/aromatic N) is 2. The van der Waals surface area contributed by atoms with Crippen LogP contribution in [0, 0.1) is 0 Å². The molecule has 2 nitrogen and oxygen atoms in total. The fourth-order valence-corrected chi connectivity index (χ4v) is 3.32. The van der Waals surface area contributed by atoms with Crippen LogP contribution in [0.5, 0.6) is 0 Å². The number of fused-ring (bicyclic) bond motifs is 3. The Hall–Kier alpha value is -1.96. The van der Waals surface area contributed by atoms with E-state index in [1.54, 1.807) is 0 Å². The first-order valence-electron chi connectivity index (χ1n) is 9.48. The molecule has 2 heteroatoms. The fourth-order valence-electron chi connectivity index (χ4n) is 3.32. The Morgan fingerprint density at radius 2 is 1.12 bits per heavy atom. The third-order valence-electron chi connectivity index (χ3n) is 4.75. The molecule has 3 rings (SSSR count). The van der Waals surface area contributed by atoms with E-state index < -0.39 is 0 Å². The number of pyridine rings is 2. The Kier molecular flexibility index (Phi) is 5.79. The number of hydrogen-bond donors (Lipinski definition) is 0. The summed E-state index contributed by atoms with van der Waals surface area (Å²) in [6.07, 6.45) is 13.9. The van der Waals surface area contributed by atoms with Crippen molar-refractivity contribution in [1.29, 1.82) is 0 Å². The molecule has 3 aromatic rings. The summed E-state index contributed by atoms with van der Waals surface area (Å²) in [5, 5.41) is 2.42. The quantitative estimate of drug-likeness (QED) is 0.362. The highest BCUT2D eigenvalue weighted by atomic mass is 14.7. The first-order chi connectivity index (χ1) is 11.8. The zero-order chi connectivity index (χ0) is 16.8. The second-order valence-electron chi connectivity index (χ2n) is 6.81. The van der Waals surface area contributed by atoms with Crippen LogP contribution in [0.4, 0.5) is 0 Å². The molecule has 0 fully saturated rings. The van der Waals surface area contributed by atoms with E-state index in [-0.39, 0.29) is 0 Å². The summed E-state index contributed by atoms with van der Waals surface area (Å²) >= 11 is 0. The topological polar surface area (TPSA) is 25.8 Å². The average molecular weight is 320 g/mol. The smallest absolute Gasteiger partial charge is 0.0964 e. The van der Waals surface area contributed by atoms with Gasteiger partial charge in [-0.1, -0.05) is 51.7 Å². The summed E-state index contributed by atoms with van der Waals surface area (Å²) in [5.41, 5.74) is 4.75. The number of unbranched alkanes of at least 4 members (excludes halogenated alkanes) is 4. The Morgan fingerprint density at radius 1 is 0.667 bits per heavy atom. The van der Waals surface area contributed by atoms with E-state index in [9.17, 15) is 0 Å². The SMILES string of the molecule is CCCCCc1cnc2c(ccc3cc(CCCCC)cnc32)c1. The van der Waals surface area contributed by atoms with Crippen molar-refractivity contribution in [1.82, 2.24) is 9.97 Å². The summed E-state index contributed by atoms with van der Waals surface area (Å²) in [6.45, 7) is 4.49. The van der Waals surface area contributed by atoms with Crippen LogP contribution in [-0.4, -0.2) is 9.97 Å². The highest BCUT2D eigenvalue weighted by Gasteiger charge is 2.06. The third-order valence-corrected chi connectivity index (χ3v) is 4.75. The van der Waals surface area contributed by atoms with Crippen molar-refractivity contribution in [2.45, 2.75) is 65.2 Å². The second-order valence-corrected chi connectivity index (χ2v) is 6.81. The van der Waals surface area contributed by atoms with Crippen molar-refractivity contribution < 1.29 is 0 Å².